The number of nitrogens with zero attached hydrogens (tertiary/aromatic N) is 3. The van der Waals surface area contributed by atoms with Crippen LogP contribution in [-0.4, -0.2) is 42.0 Å². The molecule has 2 aromatic rings. The number of hydrogen-bond donors (Lipinski definition) is 0. The van der Waals surface area contributed by atoms with Gasteiger partial charge in [0.1, 0.15) is 11.3 Å². The fourth-order valence-corrected chi connectivity index (χ4v) is 3.41. The molecule has 0 spiro atoms. The normalized spacial score (nSPS) is 18.8. The molecule has 1 aromatic heterocycles. The zero-order chi connectivity index (χ0) is 16.7. The number of carbonyl (C=O) groups excluding carboxylic acids is 1. The van der Waals surface area contributed by atoms with Crippen LogP contribution in [0.25, 0.3) is 10.9 Å². The molecule has 0 radical (unpaired) electrons. The Bertz CT molecular complexity index is 791. The first-order valence-corrected chi connectivity index (χ1v) is 8.41. The predicted molar refractivity (Wildman–Crippen MR) is 87.8 cm³/mol. The zero-order valence-electron chi connectivity index (χ0n) is 13.3. The van der Waals surface area contributed by atoms with E-state index in [1.165, 1.54) is 6.07 Å². The number of fused-ring (bicyclic) bond motifs is 1. The van der Waals surface area contributed by atoms with Crippen LogP contribution in [0.1, 0.15) is 19.3 Å². The van der Waals surface area contributed by atoms with Crippen molar-refractivity contribution in [1.29, 1.82) is 0 Å². The van der Waals surface area contributed by atoms with Crippen LogP contribution in [0.2, 0.25) is 0 Å². The quantitative estimate of drug-likeness (QED) is 0.849. The van der Waals surface area contributed by atoms with Crippen molar-refractivity contribution in [1.82, 2.24) is 9.88 Å². The van der Waals surface area contributed by atoms with Crippen LogP contribution in [-0.2, 0) is 4.79 Å². The minimum absolute atomic E-state index is 0.184. The van der Waals surface area contributed by atoms with Gasteiger partial charge in [0.15, 0.2) is 5.82 Å². The van der Waals surface area contributed by atoms with Crippen molar-refractivity contribution in [2.45, 2.75) is 19.3 Å². The van der Waals surface area contributed by atoms with E-state index < -0.39 is 11.6 Å². The molecule has 1 saturated heterocycles. The Hall–Kier alpha value is -2.24. The van der Waals surface area contributed by atoms with Crippen LogP contribution in [0.15, 0.2) is 24.4 Å². The second-order valence-electron chi connectivity index (χ2n) is 6.55. The summed E-state index contributed by atoms with van der Waals surface area (Å²) in [5, 5.41) is 0.483. The Morgan fingerprint density at radius 3 is 2.75 bits per heavy atom. The molecule has 0 N–H and O–H groups in total. The maximum absolute atomic E-state index is 14.0. The van der Waals surface area contributed by atoms with E-state index in [1.54, 1.807) is 12.3 Å². The second kappa shape index (κ2) is 6.00. The summed E-state index contributed by atoms with van der Waals surface area (Å²) in [6.07, 6.45) is 4.41. The third-order valence-electron chi connectivity index (χ3n) is 4.82. The zero-order valence-corrected chi connectivity index (χ0v) is 13.3. The highest BCUT2D eigenvalue weighted by Crippen LogP contribution is 2.32. The molecule has 4 rings (SSSR count). The minimum atomic E-state index is -0.646. The molecule has 0 atom stereocenters. The molecule has 1 aliphatic carbocycles. The van der Waals surface area contributed by atoms with Gasteiger partial charge in [0.05, 0.1) is 0 Å². The van der Waals surface area contributed by atoms with Crippen molar-refractivity contribution in [3.05, 3.63) is 36.0 Å². The van der Waals surface area contributed by atoms with Gasteiger partial charge in [-0.2, -0.15) is 0 Å². The Morgan fingerprint density at radius 1 is 1.12 bits per heavy atom. The van der Waals surface area contributed by atoms with E-state index in [-0.39, 0.29) is 17.3 Å². The van der Waals surface area contributed by atoms with Gasteiger partial charge in [-0.3, -0.25) is 9.78 Å². The van der Waals surface area contributed by atoms with Crippen molar-refractivity contribution >= 4 is 22.5 Å². The summed E-state index contributed by atoms with van der Waals surface area (Å²) in [5.41, 5.74) is 0.961. The van der Waals surface area contributed by atoms with Gasteiger partial charge in [0.25, 0.3) is 0 Å². The smallest absolute Gasteiger partial charge is 0.225 e. The van der Waals surface area contributed by atoms with E-state index in [0.717, 1.165) is 44.1 Å². The Kier molecular flexibility index (Phi) is 3.82. The van der Waals surface area contributed by atoms with Crippen molar-refractivity contribution in [3.63, 3.8) is 0 Å². The molecule has 24 heavy (non-hydrogen) atoms. The summed E-state index contributed by atoms with van der Waals surface area (Å²) in [6.45, 7) is 2.82. The number of anilines is 1. The SMILES string of the molecule is O=C(C1CC1)N1CCCN(c2ccnc3c(F)cc(F)cc23)CC1. The molecule has 1 aromatic carbocycles. The minimum Gasteiger partial charge on any atom is -0.369 e. The largest absolute Gasteiger partial charge is 0.369 e. The molecular weight excluding hydrogens is 312 g/mol. The highest BCUT2D eigenvalue weighted by molar-refractivity contribution is 5.92. The molecule has 2 aliphatic rings. The van der Waals surface area contributed by atoms with Crippen molar-refractivity contribution in [3.8, 4) is 0 Å². The molecule has 2 fully saturated rings. The topological polar surface area (TPSA) is 36.4 Å². The lowest BCUT2D eigenvalue weighted by atomic mass is 10.1. The molecule has 0 bridgehead atoms. The van der Waals surface area contributed by atoms with Crippen LogP contribution in [0.5, 0.6) is 0 Å². The number of halogens is 2. The molecule has 1 aliphatic heterocycles. The first-order valence-electron chi connectivity index (χ1n) is 8.41. The number of hydrogen-bond acceptors (Lipinski definition) is 3. The van der Waals surface area contributed by atoms with Gasteiger partial charge >= 0.3 is 0 Å². The lowest BCUT2D eigenvalue weighted by Crippen LogP contribution is -2.36. The first-order chi connectivity index (χ1) is 11.6. The Labute approximate surface area is 139 Å². The number of rotatable bonds is 2. The lowest BCUT2D eigenvalue weighted by Gasteiger charge is -2.25. The van der Waals surface area contributed by atoms with E-state index in [4.69, 9.17) is 0 Å². The highest BCUT2D eigenvalue weighted by atomic mass is 19.1. The molecule has 0 unspecified atom stereocenters. The van der Waals surface area contributed by atoms with E-state index >= 15 is 0 Å². The van der Waals surface area contributed by atoms with Crippen LogP contribution in [0.3, 0.4) is 0 Å². The monoisotopic (exact) mass is 331 g/mol. The summed E-state index contributed by atoms with van der Waals surface area (Å²) < 4.78 is 27.6. The first kappa shape index (κ1) is 15.3. The molecule has 1 amide bonds. The summed E-state index contributed by atoms with van der Waals surface area (Å²) in [6, 6.07) is 3.98. The van der Waals surface area contributed by atoms with Crippen molar-refractivity contribution < 1.29 is 13.6 Å². The van der Waals surface area contributed by atoms with Crippen LogP contribution in [0, 0.1) is 17.6 Å². The average Bonchev–Trinajstić information content (AvgIpc) is 3.40. The standard InChI is InChI=1S/C18H19F2N3O/c19-13-10-14-16(4-5-21-17(14)15(20)11-13)22-6-1-7-23(9-8-22)18(24)12-2-3-12/h4-5,10-12H,1-3,6-9H2. The molecule has 1 saturated carbocycles. The van der Waals surface area contributed by atoms with Crippen molar-refractivity contribution in [2.24, 2.45) is 5.92 Å². The number of aromatic nitrogens is 1. The van der Waals surface area contributed by atoms with Gasteiger partial charge in [-0.1, -0.05) is 0 Å². The van der Waals surface area contributed by atoms with E-state index in [2.05, 4.69) is 9.88 Å². The highest BCUT2D eigenvalue weighted by Gasteiger charge is 2.34. The van der Waals surface area contributed by atoms with E-state index in [1.807, 2.05) is 4.90 Å². The lowest BCUT2D eigenvalue weighted by molar-refractivity contribution is -0.132. The van der Waals surface area contributed by atoms with Gasteiger partial charge in [-0.15, -0.1) is 0 Å². The summed E-state index contributed by atoms with van der Waals surface area (Å²) in [7, 11) is 0. The Balaban J connectivity index is 1.62. The second-order valence-corrected chi connectivity index (χ2v) is 6.55. The van der Waals surface area contributed by atoms with E-state index in [9.17, 15) is 13.6 Å². The van der Waals surface area contributed by atoms with Gasteiger partial charge in [-0.05, 0) is 31.4 Å². The summed E-state index contributed by atoms with van der Waals surface area (Å²) >= 11 is 0. The number of benzene rings is 1. The third kappa shape index (κ3) is 2.81. The van der Waals surface area contributed by atoms with Crippen LogP contribution in [0.4, 0.5) is 14.5 Å². The molecule has 126 valence electrons. The van der Waals surface area contributed by atoms with Gasteiger partial charge in [0.2, 0.25) is 5.91 Å². The van der Waals surface area contributed by atoms with Crippen LogP contribution >= 0.6 is 0 Å². The molecule has 6 heteroatoms. The predicted octanol–water partition coefficient (Wildman–Crippen LogP) is 2.96. The number of carbonyl (C=O) groups is 1. The molecule has 4 nitrogen and oxygen atoms in total. The fourth-order valence-electron chi connectivity index (χ4n) is 3.41. The summed E-state index contributed by atoms with van der Waals surface area (Å²) in [4.78, 5) is 20.3. The summed E-state index contributed by atoms with van der Waals surface area (Å²) in [5.74, 6) is -0.767. The maximum atomic E-state index is 14.0. The van der Waals surface area contributed by atoms with Gasteiger partial charge in [0, 0.05) is 55.4 Å². The van der Waals surface area contributed by atoms with Crippen molar-refractivity contribution in [2.75, 3.05) is 31.1 Å². The maximum Gasteiger partial charge on any atom is 0.225 e. The third-order valence-corrected chi connectivity index (χ3v) is 4.82. The number of amides is 1. The molecular formula is C18H19F2N3O. The van der Waals surface area contributed by atoms with E-state index in [0.29, 0.717) is 18.5 Å². The Morgan fingerprint density at radius 2 is 1.96 bits per heavy atom. The van der Waals surface area contributed by atoms with Gasteiger partial charge < -0.3 is 9.80 Å². The van der Waals surface area contributed by atoms with Crippen LogP contribution < -0.4 is 4.90 Å². The fraction of sp³-hybridized carbons (Fsp3) is 0.444. The molecule has 2 heterocycles. The van der Waals surface area contributed by atoms with Gasteiger partial charge in [-0.25, -0.2) is 8.78 Å². The average molecular weight is 331 g/mol. The number of pyridine rings is 1.